The van der Waals surface area contributed by atoms with Crippen LogP contribution in [0.5, 0.6) is 11.5 Å². The quantitative estimate of drug-likeness (QED) is 0.839. The van der Waals surface area contributed by atoms with Gasteiger partial charge in [0.05, 0.1) is 24.5 Å². The SMILES string of the molecule is COc1ccc(Cl)cc1NC(=O)c1ccccc1OC[C@H]1CCCO1. The van der Waals surface area contributed by atoms with E-state index in [0.717, 1.165) is 19.4 Å². The maximum absolute atomic E-state index is 12.7. The van der Waals surface area contributed by atoms with Crippen molar-refractivity contribution in [2.24, 2.45) is 0 Å². The summed E-state index contributed by atoms with van der Waals surface area (Å²) in [5.41, 5.74) is 0.955. The highest BCUT2D eigenvalue weighted by Crippen LogP contribution is 2.29. The van der Waals surface area contributed by atoms with E-state index in [2.05, 4.69) is 5.32 Å². The zero-order valence-corrected chi connectivity index (χ0v) is 14.7. The second kappa shape index (κ2) is 8.23. The zero-order valence-electron chi connectivity index (χ0n) is 14.0. The summed E-state index contributed by atoms with van der Waals surface area (Å²) >= 11 is 6.01. The summed E-state index contributed by atoms with van der Waals surface area (Å²) < 4.78 is 16.6. The minimum Gasteiger partial charge on any atom is -0.495 e. The Morgan fingerprint density at radius 1 is 1.28 bits per heavy atom. The van der Waals surface area contributed by atoms with Crippen LogP contribution in [-0.4, -0.2) is 32.3 Å². The lowest BCUT2D eigenvalue weighted by atomic mass is 10.1. The lowest BCUT2D eigenvalue weighted by Gasteiger charge is -2.15. The summed E-state index contributed by atoms with van der Waals surface area (Å²) in [4.78, 5) is 12.7. The second-order valence-corrected chi connectivity index (χ2v) is 6.18. The van der Waals surface area contributed by atoms with E-state index in [1.165, 1.54) is 7.11 Å². The number of amides is 1. The number of para-hydroxylation sites is 1. The van der Waals surface area contributed by atoms with E-state index in [4.69, 9.17) is 25.8 Å². The van der Waals surface area contributed by atoms with Crippen molar-refractivity contribution in [2.75, 3.05) is 25.6 Å². The molecule has 0 saturated carbocycles. The fourth-order valence-electron chi connectivity index (χ4n) is 2.71. The molecular formula is C19H20ClNO4. The van der Waals surface area contributed by atoms with Crippen LogP contribution in [0.4, 0.5) is 5.69 Å². The van der Waals surface area contributed by atoms with Gasteiger partial charge in [0.25, 0.3) is 5.91 Å². The van der Waals surface area contributed by atoms with Crippen molar-refractivity contribution in [2.45, 2.75) is 18.9 Å². The van der Waals surface area contributed by atoms with Crippen molar-refractivity contribution in [1.29, 1.82) is 0 Å². The highest BCUT2D eigenvalue weighted by molar-refractivity contribution is 6.31. The Morgan fingerprint density at radius 3 is 2.88 bits per heavy atom. The standard InChI is InChI=1S/C19H20ClNO4/c1-23-18-9-8-13(20)11-16(18)21-19(22)15-6-2-3-7-17(15)25-12-14-5-4-10-24-14/h2-3,6-9,11,14H,4-5,10,12H2,1H3,(H,21,22)/t14-/m1/s1. The highest BCUT2D eigenvalue weighted by Gasteiger charge is 2.19. The van der Waals surface area contributed by atoms with Crippen LogP contribution in [0, 0.1) is 0 Å². The number of nitrogens with one attached hydrogen (secondary N) is 1. The van der Waals surface area contributed by atoms with E-state index in [1.54, 1.807) is 36.4 Å². The summed E-state index contributed by atoms with van der Waals surface area (Å²) in [6.07, 6.45) is 2.11. The number of hydrogen-bond acceptors (Lipinski definition) is 4. The molecule has 0 spiro atoms. The number of halogens is 1. The molecule has 3 rings (SSSR count). The molecule has 2 aromatic rings. The third-order valence-corrected chi connectivity index (χ3v) is 4.23. The summed E-state index contributed by atoms with van der Waals surface area (Å²) in [7, 11) is 1.54. The van der Waals surface area contributed by atoms with Gasteiger partial charge in [0.15, 0.2) is 0 Å². The third-order valence-electron chi connectivity index (χ3n) is 3.99. The van der Waals surface area contributed by atoms with Gasteiger partial charge in [-0.3, -0.25) is 4.79 Å². The molecule has 0 radical (unpaired) electrons. The molecule has 1 N–H and O–H groups in total. The molecule has 132 valence electrons. The molecule has 5 nitrogen and oxygen atoms in total. The van der Waals surface area contributed by atoms with Crippen molar-refractivity contribution < 1.29 is 19.0 Å². The van der Waals surface area contributed by atoms with Crippen LogP contribution in [-0.2, 0) is 4.74 Å². The van der Waals surface area contributed by atoms with Gasteiger partial charge in [0.2, 0.25) is 0 Å². The van der Waals surface area contributed by atoms with Crippen LogP contribution in [0.25, 0.3) is 0 Å². The number of benzene rings is 2. The number of methoxy groups -OCH3 is 1. The van der Waals surface area contributed by atoms with Crippen molar-refractivity contribution in [1.82, 2.24) is 0 Å². The Labute approximate surface area is 151 Å². The molecule has 1 amide bonds. The zero-order chi connectivity index (χ0) is 17.6. The first-order valence-electron chi connectivity index (χ1n) is 8.15. The van der Waals surface area contributed by atoms with Gasteiger partial charge < -0.3 is 19.5 Å². The van der Waals surface area contributed by atoms with Crippen LogP contribution in [0.1, 0.15) is 23.2 Å². The predicted molar refractivity (Wildman–Crippen MR) is 96.9 cm³/mol. The second-order valence-electron chi connectivity index (χ2n) is 5.74. The molecule has 1 saturated heterocycles. The lowest BCUT2D eigenvalue weighted by molar-refractivity contribution is 0.0673. The molecule has 1 aliphatic heterocycles. The normalized spacial score (nSPS) is 16.5. The average molecular weight is 362 g/mol. The van der Waals surface area contributed by atoms with E-state index < -0.39 is 0 Å². The Balaban J connectivity index is 1.74. The number of rotatable bonds is 6. The number of anilines is 1. The van der Waals surface area contributed by atoms with E-state index in [9.17, 15) is 4.79 Å². The first-order valence-corrected chi connectivity index (χ1v) is 8.53. The van der Waals surface area contributed by atoms with E-state index >= 15 is 0 Å². The van der Waals surface area contributed by atoms with Crippen molar-refractivity contribution >= 4 is 23.2 Å². The molecule has 1 fully saturated rings. The maximum atomic E-state index is 12.7. The largest absolute Gasteiger partial charge is 0.495 e. The molecule has 2 aromatic carbocycles. The van der Waals surface area contributed by atoms with Gasteiger partial charge in [-0.05, 0) is 43.2 Å². The van der Waals surface area contributed by atoms with Crippen LogP contribution < -0.4 is 14.8 Å². The third kappa shape index (κ3) is 4.44. The molecule has 0 unspecified atom stereocenters. The molecule has 1 aliphatic rings. The first kappa shape index (κ1) is 17.6. The monoisotopic (exact) mass is 361 g/mol. The number of carbonyl (C=O) groups excluding carboxylic acids is 1. The van der Waals surface area contributed by atoms with Crippen LogP contribution in [0.3, 0.4) is 0 Å². The van der Waals surface area contributed by atoms with Gasteiger partial charge in [-0.25, -0.2) is 0 Å². The Bertz CT molecular complexity index is 744. The minimum atomic E-state index is -0.288. The van der Waals surface area contributed by atoms with Gasteiger partial charge in [0.1, 0.15) is 18.1 Å². The summed E-state index contributed by atoms with van der Waals surface area (Å²) in [6, 6.07) is 12.2. The molecule has 0 aliphatic carbocycles. The number of carbonyl (C=O) groups is 1. The van der Waals surface area contributed by atoms with Crippen LogP contribution in [0.2, 0.25) is 5.02 Å². The Hall–Kier alpha value is -2.24. The average Bonchev–Trinajstić information content (AvgIpc) is 3.14. The molecule has 0 aromatic heterocycles. The van der Waals surface area contributed by atoms with Gasteiger partial charge >= 0.3 is 0 Å². The van der Waals surface area contributed by atoms with E-state index in [0.29, 0.717) is 34.4 Å². The maximum Gasteiger partial charge on any atom is 0.259 e. The van der Waals surface area contributed by atoms with Gasteiger partial charge in [-0.2, -0.15) is 0 Å². The van der Waals surface area contributed by atoms with Crippen molar-refractivity contribution in [3.05, 3.63) is 53.1 Å². The molecule has 0 bridgehead atoms. The molecule has 1 atom stereocenters. The fourth-order valence-corrected chi connectivity index (χ4v) is 2.88. The van der Waals surface area contributed by atoms with Crippen LogP contribution in [0.15, 0.2) is 42.5 Å². The Morgan fingerprint density at radius 2 is 2.12 bits per heavy atom. The van der Waals surface area contributed by atoms with Crippen molar-refractivity contribution in [3.63, 3.8) is 0 Å². The van der Waals surface area contributed by atoms with Gasteiger partial charge in [0, 0.05) is 11.6 Å². The molecule has 25 heavy (non-hydrogen) atoms. The highest BCUT2D eigenvalue weighted by atomic mass is 35.5. The molecule has 6 heteroatoms. The molecule has 1 heterocycles. The predicted octanol–water partition coefficient (Wildman–Crippen LogP) is 4.16. The van der Waals surface area contributed by atoms with Crippen LogP contribution >= 0.6 is 11.6 Å². The Kier molecular flexibility index (Phi) is 5.79. The molecular weight excluding hydrogens is 342 g/mol. The summed E-state index contributed by atoms with van der Waals surface area (Å²) in [5, 5.41) is 3.34. The van der Waals surface area contributed by atoms with Gasteiger partial charge in [-0.1, -0.05) is 23.7 Å². The number of ether oxygens (including phenoxy) is 3. The lowest BCUT2D eigenvalue weighted by Crippen LogP contribution is -2.19. The first-order chi connectivity index (χ1) is 12.2. The van der Waals surface area contributed by atoms with E-state index in [1.807, 2.05) is 6.07 Å². The number of hydrogen-bond donors (Lipinski definition) is 1. The van der Waals surface area contributed by atoms with Crippen molar-refractivity contribution in [3.8, 4) is 11.5 Å². The van der Waals surface area contributed by atoms with Gasteiger partial charge in [-0.15, -0.1) is 0 Å². The fraction of sp³-hybridized carbons (Fsp3) is 0.316. The summed E-state index contributed by atoms with van der Waals surface area (Å²) in [6.45, 7) is 1.20. The minimum absolute atomic E-state index is 0.0872. The van der Waals surface area contributed by atoms with E-state index in [-0.39, 0.29) is 12.0 Å². The summed E-state index contributed by atoms with van der Waals surface area (Å²) in [5.74, 6) is 0.774. The smallest absolute Gasteiger partial charge is 0.259 e. The topological polar surface area (TPSA) is 56.8 Å².